The summed E-state index contributed by atoms with van der Waals surface area (Å²) in [6.07, 6.45) is 3.71. The maximum Gasteiger partial charge on any atom is 0.257 e. The highest BCUT2D eigenvalue weighted by Crippen LogP contribution is 2.20. The highest BCUT2D eigenvalue weighted by atomic mass is 35.5. The third kappa shape index (κ3) is 4.53. The molecule has 0 bridgehead atoms. The molecule has 0 spiro atoms. The molecule has 120 valence electrons. The number of carbonyl (C=O) groups excluding carboxylic acids is 2. The molecule has 1 aromatic carbocycles. The second-order valence-electron chi connectivity index (χ2n) is 5.13. The van der Waals surface area contributed by atoms with E-state index in [1.54, 1.807) is 18.2 Å². The van der Waals surface area contributed by atoms with Crippen LogP contribution in [0.15, 0.2) is 36.7 Å². The van der Waals surface area contributed by atoms with E-state index in [-0.39, 0.29) is 11.8 Å². The van der Waals surface area contributed by atoms with Crippen molar-refractivity contribution >= 4 is 29.1 Å². The molecule has 0 unspecified atom stereocenters. The fourth-order valence-electron chi connectivity index (χ4n) is 1.99. The zero-order chi connectivity index (χ0) is 16.8. The van der Waals surface area contributed by atoms with Gasteiger partial charge in [-0.1, -0.05) is 18.5 Å². The van der Waals surface area contributed by atoms with E-state index in [2.05, 4.69) is 15.6 Å². The van der Waals surface area contributed by atoms with E-state index in [1.807, 2.05) is 13.8 Å². The van der Waals surface area contributed by atoms with Crippen LogP contribution in [0.5, 0.6) is 0 Å². The van der Waals surface area contributed by atoms with Gasteiger partial charge in [-0.15, -0.1) is 0 Å². The lowest BCUT2D eigenvalue weighted by atomic mass is 10.1. The van der Waals surface area contributed by atoms with E-state index >= 15 is 0 Å². The van der Waals surface area contributed by atoms with E-state index in [0.717, 1.165) is 12.0 Å². The molecule has 0 aliphatic heterocycles. The number of pyridine rings is 1. The summed E-state index contributed by atoms with van der Waals surface area (Å²) in [6, 6.07) is 6.74. The number of nitrogens with one attached hydrogen (secondary N) is 2. The number of anilines is 1. The van der Waals surface area contributed by atoms with E-state index in [9.17, 15) is 9.59 Å². The number of hydrogen-bond acceptors (Lipinski definition) is 3. The maximum absolute atomic E-state index is 12.3. The van der Waals surface area contributed by atoms with Gasteiger partial charge in [0, 0.05) is 29.6 Å². The smallest absolute Gasteiger partial charge is 0.257 e. The minimum absolute atomic E-state index is 0.239. The number of aromatic nitrogens is 1. The molecule has 0 saturated heterocycles. The third-order valence-corrected chi connectivity index (χ3v) is 3.47. The van der Waals surface area contributed by atoms with Gasteiger partial charge < -0.3 is 10.6 Å². The van der Waals surface area contributed by atoms with E-state index in [4.69, 9.17) is 11.6 Å². The normalized spacial score (nSPS) is 10.2. The fraction of sp³-hybridized carbons (Fsp3) is 0.235. The fourth-order valence-corrected chi connectivity index (χ4v) is 2.22. The predicted molar refractivity (Wildman–Crippen MR) is 91.0 cm³/mol. The summed E-state index contributed by atoms with van der Waals surface area (Å²) in [5, 5.41) is 6.16. The summed E-state index contributed by atoms with van der Waals surface area (Å²) in [6.45, 7) is 4.41. The van der Waals surface area contributed by atoms with Gasteiger partial charge in [-0.3, -0.25) is 14.6 Å². The Labute approximate surface area is 140 Å². The molecule has 0 radical (unpaired) electrons. The van der Waals surface area contributed by atoms with Crippen LogP contribution in [0.25, 0.3) is 0 Å². The molecule has 0 atom stereocenters. The number of halogens is 1. The Morgan fingerprint density at radius 1 is 1.13 bits per heavy atom. The van der Waals surface area contributed by atoms with Gasteiger partial charge in [-0.25, -0.2) is 0 Å². The Balaban J connectivity index is 2.15. The molecule has 1 heterocycles. The van der Waals surface area contributed by atoms with Crippen molar-refractivity contribution in [1.82, 2.24) is 10.3 Å². The summed E-state index contributed by atoms with van der Waals surface area (Å²) in [7, 11) is 0. The molecule has 2 amide bonds. The minimum Gasteiger partial charge on any atom is -0.352 e. The maximum atomic E-state index is 12.3. The standard InChI is InChI=1S/C17H18ClN3O2/c1-3-6-20-16(22)12-8-13(10-19-9-12)17(23)21-15-5-4-14(18)7-11(15)2/h4-5,7-10H,3,6H2,1-2H3,(H,20,22)(H,21,23). The van der Waals surface area contributed by atoms with E-state index in [1.165, 1.54) is 18.5 Å². The molecule has 2 aromatic rings. The largest absolute Gasteiger partial charge is 0.352 e. The van der Waals surface area contributed by atoms with Crippen LogP contribution in [-0.2, 0) is 0 Å². The van der Waals surface area contributed by atoms with Gasteiger partial charge in [-0.2, -0.15) is 0 Å². The summed E-state index contributed by atoms with van der Waals surface area (Å²) >= 11 is 5.90. The minimum atomic E-state index is -0.326. The van der Waals surface area contributed by atoms with Crippen molar-refractivity contribution in [2.45, 2.75) is 20.3 Å². The first-order valence-electron chi connectivity index (χ1n) is 7.32. The topological polar surface area (TPSA) is 71.1 Å². The molecule has 0 aliphatic rings. The molecule has 23 heavy (non-hydrogen) atoms. The summed E-state index contributed by atoms with van der Waals surface area (Å²) < 4.78 is 0. The summed E-state index contributed by atoms with van der Waals surface area (Å²) in [4.78, 5) is 28.2. The van der Waals surface area contributed by atoms with E-state index in [0.29, 0.717) is 28.4 Å². The van der Waals surface area contributed by atoms with Crippen LogP contribution in [0, 0.1) is 6.92 Å². The Bertz CT molecular complexity index is 732. The molecule has 2 N–H and O–H groups in total. The average molecular weight is 332 g/mol. The monoisotopic (exact) mass is 331 g/mol. The summed E-state index contributed by atoms with van der Waals surface area (Å²) in [5.74, 6) is -0.565. The Hall–Kier alpha value is -2.40. The average Bonchev–Trinajstić information content (AvgIpc) is 2.55. The zero-order valence-electron chi connectivity index (χ0n) is 13.0. The van der Waals surface area contributed by atoms with Crippen molar-refractivity contribution in [3.63, 3.8) is 0 Å². The molecule has 0 aliphatic carbocycles. The number of rotatable bonds is 5. The van der Waals surface area contributed by atoms with Gasteiger partial charge in [0.15, 0.2) is 0 Å². The molecule has 6 heteroatoms. The highest BCUT2D eigenvalue weighted by Gasteiger charge is 2.12. The molecular weight excluding hydrogens is 314 g/mol. The van der Waals surface area contributed by atoms with Gasteiger partial charge in [-0.05, 0) is 43.2 Å². The predicted octanol–water partition coefficient (Wildman–Crippen LogP) is 3.44. The molecular formula is C17H18ClN3O2. The van der Waals surface area contributed by atoms with Crippen LogP contribution in [0.4, 0.5) is 5.69 Å². The summed E-state index contributed by atoms with van der Waals surface area (Å²) in [5.41, 5.74) is 2.21. The van der Waals surface area contributed by atoms with Gasteiger partial charge in [0.2, 0.25) is 0 Å². The highest BCUT2D eigenvalue weighted by molar-refractivity contribution is 6.30. The number of aryl methyl sites for hydroxylation is 1. The third-order valence-electron chi connectivity index (χ3n) is 3.23. The van der Waals surface area contributed by atoms with Gasteiger partial charge >= 0.3 is 0 Å². The molecule has 1 aromatic heterocycles. The van der Waals surface area contributed by atoms with Crippen LogP contribution in [0.1, 0.15) is 39.6 Å². The zero-order valence-corrected chi connectivity index (χ0v) is 13.8. The van der Waals surface area contributed by atoms with Crippen molar-refractivity contribution in [3.05, 3.63) is 58.4 Å². The lowest BCUT2D eigenvalue weighted by Gasteiger charge is -2.09. The molecule has 0 fully saturated rings. The van der Waals surface area contributed by atoms with Crippen molar-refractivity contribution in [2.75, 3.05) is 11.9 Å². The second kappa shape index (κ2) is 7.74. The first-order chi connectivity index (χ1) is 11.0. The van der Waals surface area contributed by atoms with Crippen LogP contribution in [0.2, 0.25) is 5.02 Å². The van der Waals surface area contributed by atoms with Gasteiger partial charge in [0.05, 0.1) is 11.1 Å². The molecule has 5 nitrogen and oxygen atoms in total. The van der Waals surface area contributed by atoms with Crippen molar-refractivity contribution < 1.29 is 9.59 Å². The Morgan fingerprint density at radius 2 is 1.83 bits per heavy atom. The molecule has 2 rings (SSSR count). The van der Waals surface area contributed by atoms with Crippen molar-refractivity contribution in [3.8, 4) is 0 Å². The van der Waals surface area contributed by atoms with Crippen molar-refractivity contribution in [2.24, 2.45) is 0 Å². The van der Waals surface area contributed by atoms with Crippen LogP contribution < -0.4 is 10.6 Å². The van der Waals surface area contributed by atoms with Crippen LogP contribution in [-0.4, -0.2) is 23.3 Å². The number of amides is 2. The first kappa shape index (κ1) is 17.0. The number of hydrogen-bond donors (Lipinski definition) is 2. The SMILES string of the molecule is CCCNC(=O)c1cncc(C(=O)Nc2ccc(Cl)cc2C)c1. The van der Waals surface area contributed by atoms with Gasteiger partial charge in [0.1, 0.15) is 0 Å². The quantitative estimate of drug-likeness (QED) is 0.881. The van der Waals surface area contributed by atoms with E-state index < -0.39 is 0 Å². The first-order valence-corrected chi connectivity index (χ1v) is 7.69. The number of carbonyl (C=O) groups is 2. The Morgan fingerprint density at radius 3 is 2.48 bits per heavy atom. The second-order valence-corrected chi connectivity index (χ2v) is 5.57. The Kier molecular flexibility index (Phi) is 5.71. The molecule has 0 saturated carbocycles. The van der Waals surface area contributed by atoms with Crippen LogP contribution in [0.3, 0.4) is 0 Å². The lowest BCUT2D eigenvalue weighted by molar-refractivity contribution is 0.0953. The van der Waals surface area contributed by atoms with Crippen LogP contribution >= 0.6 is 11.6 Å². The lowest BCUT2D eigenvalue weighted by Crippen LogP contribution is -2.24. The number of benzene rings is 1. The van der Waals surface area contributed by atoms with Crippen molar-refractivity contribution in [1.29, 1.82) is 0 Å². The van der Waals surface area contributed by atoms with Gasteiger partial charge in [0.25, 0.3) is 11.8 Å². The number of nitrogens with zero attached hydrogens (tertiary/aromatic N) is 1.